The van der Waals surface area contributed by atoms with E-state index in [1.54, 1.807) is 41.8 Å². The van der Waals surface area contributed by atoms with Gasteiger partial charge in [-0.05, 0) is 50.2 Å². The van der Waals surface area contributed by atoms with Crippen LogP contribution in [0.25, 0.3) is 0 Å². The van der Waals surface area contributed by atoms with Gasteiger partial charge in [0.1, 0.15) is 5.75 Å². The molecule has 0 unspecified atom stereocenters. The van der Waals surface area contributed by atoms with Gasteiger partial charge in [-0.15, -0.1) is 11.3 Å². The largest absolute Gasteiger partial charge is 0.494 e. The molecule has 0 saturated heterocycles. The third-order valence-electron chi connectivity index (χ3n) is 2.55. The van der Waals surface area contributed by atoms with Crippen molar-refractivity contribution in [3.8, 4) is 5.75 Å². The Morgan fingerprint density at radius 3 is 2.65 bits per heavy atom. The summed E-state index contributed by atoms with van der Waals surface area (Å²) in [5, 5.41) is 3.94. The minimum Gasteiger partial charge on any atom is -0.494 e. The lowest BCUT2D eigenvalue weighted by atomic mass is 10.2. The van der Waals surface area contributed by atoms with E-state index in [1.807, 2.05) is 26.0 Å². The molecular weight excluding hydrogens is 272 g/mol. The van der Waals surface area contributed by atoms with Crippen LogP contribution < -0.4 is 10.2 Å². The number of hydrogen-bond acceptors (Lipinski definition) is 4. The molecule has 0 fully saturated rings. The summed E-state index contributed by atoms with van der Waals surface area (Å²) in [6.07, 6.45) is 1.64. The van der Waals surface area contributed by atoms with Crippen LogP contribution in [0.15, 0.2) is 41.5 Å². The zero-order chi connectivity index (χ0) is 14.4. The van der Waals surface area contributed by atoms with Gasteiger partial charge < -0.3 is 4.74 Å². The van der Waals surface area contributed by atoms with Crippen molar-refractivity contribution in [3.05, 3.63) is 51.7 Å². The number of hydrazone groups is 1. The van der Waals surface area contributed by atoms with Gasteiger partial charge in [-0.3, -0.25) is 4.79 Å². The molecule has 0 atom stereocenters. The third kappa shape index (κ3) is 3.93. The number of thiophene rings is 1. The summed E-state index contributed by atoms with van der Waals surface area (Å²) in [5.41, 5.74) is 3.05. The molecular formula is C15H16N2O2S. The van der Waals surface area contributed by atoms with Crippen molar-refractivity contribution in [2.45, 2.75) is 13.8 Å². The number of ether oxygens (including phenoxy) is 1. The first-order chi connectivity index (χ1) is 9.69. The van der Waals surface area contributed by atoms with E-state index in [9.17, 15) is 4.79 Å². The van der Waals surface area contributed by atoms with Crippen LogP contribution in [0.1, 0.15) is 27.0 Å². The second-order valence-corrected chi connectivity index (χ2v) is 5.42. The maximum absolute atomic E-state index is 11.8. The van der Waals surface area contributed by atoms with Crippen LogP contribution in [-0.2, 0) is 0 Å². The van der Waals surface area contributed by atoms with Crippen molar-refractivity contribution in [2.24, 2.45) is 5.10 Å². The Bertz CT molecular complexity index is 603. The molecule has 1 N–H and O–H groups in total. The standard InChI is InChI=1S/C15H16N2O2S/c1-3-19-13-7-5-12(6-8-13)15(18)17-16-10-14-9-4-11(2)20-14/h4-10H,3H2,1-2H3,(H,17,18)/b16-10+. The van der Waals surface area contributed by atoms with Crippen molar-refractivity contribution in [1.82, 2.24) is 5.43 Å². The molecule has 0 aliphatic rings. The predicted octanol–water partition coefficient (Wildman–Crippen LogP) is 3.22. The van der Waals surface area contributed by atoms with E-state index in [0.29, 0.717) is 12.2 Å². The van der Waals surface area contributed by atoms with Gasteiger partial charge >= 0.3 is 0 Å². The van der Waals surface area contributed by atoms with E-state index < -0.39 is 0 Å². The molecule has 4 nitrogen and oxygen atoms in total. The summed E-state index contributed by atoms with van der Waals surface area (Å²) < 4.78 is 5.32. The molecule has 0 bridgehead atoms. The summed E-state index contributed by atoms with van der Waals surface area (Å²) >= 11 is 1.63. The smallest absolute Gasteiger partial charge is 0.271 e. The van der Waals surface area contributed by atoms with Gasteiger partial charge in [-0.1, -0.05) is 0 Å². The number of nitrogens with one attached hydrogen (secondary N) is 1. The van der Waals surface area contributed by atoms with E-state index in [0.717, 1.165) is 10.6 Å². The molecule has 0 saturated carbocycles. The molecule has 0 aliphatic carbocycles. The molecule has 2 rings (SSSR count). The lowest BCUT2D eigenvalue weighted by Gasteiger charge is -2.03. The van der Waals surface area contributed by atoms with E-state index >= 15 is 0 Å². The molecule has 104 valence electrons. The van der Waals surface area contributed by atoms with E-state index in [-0.39, 0.29) is 5.91 Å². The predicted molar refractivity (Wildman–Crippen MR) is 81.7 cm³/mol. The molecule has 1 aromatic carbocycles. The summed E-state index contributed by atoms with van der Waals surface area (Å²) in [6.45, 7) is 4.55. The highest BCUT2D eigenvalue weighted by molar-refractivity contribution is 7.13. The Kier molecular flexibility index (Phi) is 4.90. The van der Waals surface area contributed by atoms with E-state index in [1.165, 1.54) is 4.88 Å². The SMILES string of the molecule is CCOc1ccc(C(=O)N/N=C/c2ccc(C)s2)cc1. The number of nitrogens with zero attached hydrogens (tertiary/aromatic N) is 1. The van der Waals surface area contributed by atoms with E-state index in [2.05, 4.69) is 10.5 Å². The maximum atomic E-state index is 11.8. The Hall–Kier alpha value is -2.14. The van der Waals surface area contributed by atoms with Gasteiger partial charge in [-0.2, -0.15) is 5.10 Å². The lowest BCUT2D eigenvalue weighted by Crippen LogP contribution is -2.17. The zero-order valence-corrected chi connectivity index (χ0v) is 12.2. The minimum atomic E-state index is -0.238. The fourth-order valence-corrected chi connectivity index (χ4v) is 2.36. The minimum absolute atomic E-state index is 0.238. The Morgan fingerprint density at radius 2 is 2.05 bits per heavy atom. The first-order valence-corrected chi connectivity index (χ1v) is 7.13. The van der Waals surface area contributed by atoms with Crippen molar-refractivity contribution < 1.29 is 9.53 Å². The third-order valence-corrected chi connectivity index (χ3v) is 3.48. The van der Waals surface area contributed by atoms with Crippen LogP contribution in [0.4, 0.5) is 0 Å². The molecule has 0 spiro atoms. The molecule has 1 amide bonds. The van der Waals surface area contributed by atoms with Crippen LogP contribution in [0.2, 0.25) is 0 Å². The highest BCUT2D eigenvalue weighted by atomic mass is 32.1. The van der Waals surface area contributed by atoms with Crippen molar-refractivity contribution in [1.29, 1.82) is 0 Å². The molecule has 1 aromatic heterocycles. The maximum Gasteiger partial charge on any atom is 0.271 e. The first kappa shape index (κ1) is 14.3. The molecule has 1 heterocycles. The van der Waals surface area contributed by atoms with Crippen LogP contribution >= 0.6 is 11.3 Å². The van der Waals surface area contributed by atoms with Crippen molar-refractivity contribution in [2.75, 3.05) is 6.61 Å². The van der Waals surface area contributed by atoms with Crippen molar-refractivity contribution in [3.63, 3.8) is 0 Å². The lowest BCUT2D eigenvalue weighted by molar-refractivity contribution is 0.0955. The Labute approximate surface area is 122 Å². The Morgan fingerprint density at radius 1 is 1.30 bits per heavy atom. The molecule has 5 heteroatoms. The summed E-state index contributed by atoms with van der Waals surface area (Å²) in [4.78, 5) is 14.1. The van der Waals surface area contributed by atoms with Crippen LogP contribution in [0, 0.1) is 6.92 Å². The highest BCUT2D eigenvalue weighted by Gasteiger charge is 2.04. The topological polar surface area (TPSA) is 50.7 Å². The number of rotatable bonds is 5. The quantitative estimate of drug-likeness (QED) is 0.678. The number of benzene rings is 1. The van der Waals surface area contributed by atoms with E-state index in [4.69, 9.17) is 4.74 Å². The van der Waals surface area contributed by atoms with Crippen molar-refractivity contribution >= 4 is 23.5 Å². The van der Waals surface area contributed by atoms with Crippen LogP contribution in [0.3, 0.4) is 0 Å². The monoisotopic (exact) mass is 288 g/mol. The van der Waals surface area contributed by atoms with Gasteiger partial charge in [0.15, 0.2) is 0 Å². The first-order valence-electron chi connectivity index (χ1n) is 6.31. The second kappa shape index (κ2) is 6.86. The number of hydrogen-bond donors (Lipinski definition) is 1. The molecule has 2 aromatic rings. The van der Waals surface area contributed by atoms with Crippen LogP contribution in [0.5, 0.6) is 5.75 Å². The molecule has 20 heavy (non-hydrogen) atoms. The van der Waals surface area contributed by atoms with Gasteiger partial charge in [0.05, 0.1) is 12.8 Å². The molecule has 0 aliphatic heterocycles. The molecule has 0 radical (unpaired) electrons. The number of carbonyl (C=O) groups is 1. The average Bonchev–Trinajstić information content (AvgIpc) is 2.85. The number of amides is 1. The summed E-state index contributed by atoms with van der Waals surface area (Å²) in [5.74, 6) is 0.513. The summed E-state index contributed by atoms with van der Waals surface area (Å²) in [6, 6.07) is 10.9. The normalized spacial score (nSPS) is 10.7. The van der Waals surface area contributed by atoms with Crippen LogP contribution in [-0.4, -0.2) is 18.7 Å². The second-order valence-electron chi connectivity index (χ2n) is 4.10. The fraction of sp³-hybridized carbons (Fsp3) is 0.200. The average molecular weight is 288 g/mol. The zero-order valence-electron chi connectivity index (χ0n) is 11.4. The summed E-state index contributed by atoms with van der Waals surface area (Å²) in [7, 11) is 0. The van der Waals surface area contributed by atoms with Gasteiger partial charge in [0.2, 0.25) is 0 Å². The van der Waals surface area contributed by atoms with Gasteiger partial charge in [0, 0.05) is 15.3 Å². The van der Waals surface area contributed by atoms with Gasteiger partial charge in [-0.25, -0.2) is 5.43 Å². The highest BCUT2D eigenvalue weighted by Crippen LogP contribution is 2.13. The number of carbonyl (C=O) groups excluding carboxylic acids is 1. The fourth-order valence-electron chi connectivity index (χ4n) is 1.61. The van der Waals surface area contributed by atoms with Gasteiger partial charge in [0.25, 0.3) is 5.91 Å². The Balaban J connectivity index is 1.92. The number of aryl methyl sites for hydroxylation is 1.